The average Bonchev–Trinajstić information content (AvgIpc) is 3.40. The number of likely N-dealkylation sites (tertiary alicyclic amines) is 1. The molecule has 1 saturated heterocycles. The Morgan fingerprint density at radius 3 is 2.57 bits per heavy atom. The maximum Gasteiger partial charge on any atom is 0.205 e. The van der Waals surface area contributed by atoms with Crippen molar-refractivity contribution in [2.24, 2.45) is 5.92 Å². The quantitative estimate of drug-likeness (QED) is 0.592. The summed E-state index contributed by atoms with van der Waals surface area (Å²) in [6.45, 7) is 8.79. The number of thiazole rings is 1. The topological polar surface area (TPSA) is 31.4 Å². The Balaban J connectivity index is 1.23. The number of hydrazine groups is 1. The molecule has 1 N–H and O–H groups in total. The molecule has 0 amide bonds. The first-order chi connectivity index (χ1) is 14.7. The van der Waals surface area contributed by atoms with Gasteiger partial charge in [-0.2, -0.15) is 0 Å². The van der Waals surface area contributed by atoms with Crippen LogP contribution in [0.3, 0.4) is 0 Å². The number of nitrogens with zero attached hydrogens (tertiary/aromatic N) is 3. The van der Waals surface area contributed by atoms with Gasteiger partial charge in [0.25, 0.3) is 0 Å². The summed E-state index contributed by atoms with van der Waals surface area (Å²) in [6, 6.07) is 17.4. The molecule has 3 heterocycles. The fourth-order valence-corrected chi connectivity index (χ4v) is 5.57. The summed E-state index contributed by atoms with van der Waals surface area (Å²) < 4.78 is 1.25. The molecule has 1 aromatic heterocycles. The zero-order valence-electron chi connectivity index (χ0n) is 17.9. The predicted octanol–water partition coefficient (Wildman–Crippen LogP) is 5.51. The standard InChI is InChI=1S/C25H30N4S/c1-3-20-17-29(25-26-22-6-4-5-7-23(22)30-25)27-24(20)21-12-14-28(15-13-21)16-19-10-8-18(2)9-11-19/h4-11,21,27H,3,12-17H2,1-2H3. The van der Waals surface area contributed by atoms with Gasteiger partial charge in [-0.3, -0.25) is 15.3 Å². The molecule has 0 aliphatic carbocycles. The van der Waals surface area contributed by atoms with Crippen LogP contribution in [0.5, 0.6) is 0 Å². The molecule has 5 heteroatoms. The van der Waals surface area contributed by atoms with E-state index in [0.717, 1.165) is 30.2 Å². The summed E-state index contributed by atoms with van der Waals surface area (Å²) in [5.74, 6) is 0.633. The summed E-state index contributed by atoms with van der Waals surface area (Å²) in [4.78, 5) is 7.46. The molecule has 30 heavy (non-hydrogen) atoms. The van der Waals surface area contributed by atoms with Gasteiger partial charge in [0.2, 0.25) is 5.13 Å². The first-order valence-electron chi connectivity index (χ1n) is 11.1. The van der Waals surface area contributed by atoms with Crippen LogP contribution < -0.4 is 10.4 Å². The van der Waals surface area contributed by atoms with Crippen LogP contribution in [0, 0.1) is 12.8 Å². The summed E-state index contributed by atoms with van der Waals surface area (Å²) in [6.07, 6.45) is 3.56. The zero-order chi connectivity index (χ0) is 20.5. The van der Waals surface area contributed by atoms with Crippen LogP contribution in [0.15, 0.2) is 59.8 Å². The lowest BCUT2D eigenvalue weighted by Gasteiger charge is -2.33. The number of rotatable bonds is 5. The van der Waals surface area contributed by atoms with Gasteiger partial charge in [-0.15, -0.1) is 0 Å². The number of aryl methyl sites for hydroxylation is 1. The molecule has 4 nitrogen and oxygen atoms in total. The second-order valence-corrected chi connectivity index (χ2v) is 9.58. The second kappa shape index (κ2) is 8.40. The van der Waals surface area contributed by atoms with E-state index in [1.165, 1.54) is 47.5 Å². The molecular formula is C25H30N4S. The van der Waals surface area contributed by atoms with E-state index in [2.05, 4.69) is 77.7 Å². The van der Waals surface area contributed by atoms with Gasteiger partial charge in [-0.1, -0.05) is 60.2 Å². The number of benzene rings is 2. The van der Waals surface area contributed by atoms with E-state index < -0.39 is 0 Å². The highest BCUT2D eigenvalue weighted by Crippen LogP contribution is 2.35. The number of aromatic nitrogens is 1. The number of anilines is 1. The van der Waals surface area contributed by atoms with Crippen LogP contribution >= 0.6 is 11.3 Å². The van der Waals surface area contributed by atoms with Crippen LogP contribution in [0.1, 0.15) is 37.3 Å². The number of fused-ring (bicyclic) bond motifs is 1. The third kappa shape index (κ3) is 3.96. The highest BCUT2D eigenvalue weighted by molar-refractivity contribution is 7.22. The normalized spacial score (nSPS) is 18.4. The maximum absolute atomic E-state index is 4.86. The van der Waals surface area contributed by atoms with Gasteiger partial charge in [0.1, 0.15) is 0 Å². The minimum atomic E-state index is 0.633. The second-order valence-electron chi connectivity index (χ2n) is 8.57. The Labute approximate surface area is 183 Å². The van der Waals surface area contributed by atoms with Crippen LogP contribution in [0.2, 0.25) is 0 Å². The largest absolute Gasteiger partial charge is 0.300 e. The van der Waals surface area contributed by atoms with Crippen molar-refractivity contribution in [3.63, 3.8) is 0 Å². The summed E-state index contributed by atoms with van der Waals surface area (Å²) in [5, 5.41) is 3.34. The number of piperidine rings is 1. The summed E-state index contributed by atoms with van der Waals surface area (Å²) in [7, 11) is 0. The maximum atomic E-state index is 4.86. The molecule has 0 atom stereocenters. The van der Waals surface area contributed by atoms with E-state index >= 15 is 0 Å². The van der Waals surface area contributed by atoms with Crippen molar-refractivity contribution in [2.75, 3.05) is 24.6 Å². The van der Waals surface area contributed by atoms with E-state index in [1.807, 2.05) is 0 Å². The lowest BCUT2D eigenvalue weighted by molar-refractivity contribution is 0.188. The minimum Gasteiger partial charge on any atom is -0.300 e. The summed E-state index contributed by atoms with van der Waals surface area (Å²) in [5.41, 5.74) is 10.6. The SMILES string of the molecule is CCC1=C(C2CCN(Cc3ccc(C)cc3)CC2)NN(c2nc3ccccc3s2)C1. The van der Waals surface area contributed by atoms with E-state index in [1.54, 1.807) is 16.9 Å². The van der Waals surface area contributed by atoms with Crippen molar-refractivity contribution in [3.05, 3.63) is 70.9 Å². The Morgan fingerprint density at radius 2 is 1.83 bits per heavy atom. The van der Waals surface area contributed by atoms with E-state index in [4.69, 9.17) is 4.98 Å². The minimum absolute atomic E-state index is 0.633. The van der Waals surface area contributed by atoms with Gasteiger partial charge in [0, 0.05) is 18.2 Å². The Bertz CT molecular complexity index is 1010. The van der Waals surface area contributed by atoms with Gasteiger partial charge >= 0.3 is 0 Å². The molecule has 2 aromatic carbocycles. The molecule has 0 radical (unpaired) electrons. The van der Waals surface area contributed by atoms with Gasteiger partial charge in [0.15, 0.2) is 0 Å². The van der Waals surface area contributed by atoms with Gasteiger partial charge < -0.3 is 0 Å². The van der Waals surface area contributed by atoms with Crippen LogP contribution in [-0.2, 0) is 6.54 Å². The van der Waals surface area contributed by atoms with E-state index in [9.17, 15) is 0 Å². The molecule has 1 fully saturated rings. The lowest BCUT2D eigenvalue weighted by atomic mass is 9.90. The number of hydrogen-bond donors (Lipinski definition) is 1. The first-order valence-corrected chi connectivity index (χ1v) is 11.9. The van der Waals surface area contributed by atoms with Crippen LogP contribution in [-0.4, -0.2) is 29.5 Å². The van der Waals surface area contributed by atoms with Crippen molar-refractivity contribution in [1.82, 2.24) is 15.3 Å². The third-order valence-electron chi connectivity index (χ3n) is 6.45. The average molecular weight is 419 g/mol. The van der Waals surface area contributed by atoms with E-state index in [0.29, 0.717) is 5.92 Å². The molecule has 0 spiro atoms. The van der Waals surface area contributed by atoms with Crippen molar-refractivity contribution >= 4 is 26.7 Å². The molecule has 0 bridgehead atoms. The zero-order valence-corrected chi connectivity index (χ0v) is 18.7. The first kappa shape index (κ1) is 19.6. The smallest absolute Gasteiger partial charge is 0.205 e. The monoisotopic (exact) mass is 418 g/mol. The van der Waals surface area contributed by atoms with Crippen molar-refractivity contribution in [1.29, 1.82) is 0 Å². The Kier molecular flexibility index (Phi) is 5.48. The molecule has 0 saturated carbocycles. The molecule has 156 valence electrons. The fourth-order valence-electron chi connectivity index (χ4n) is 4.64. The molecule has 2 aliphatic rings. The molecular weight excluding hydrogens is 388 g/mol. The molecule has 2 aliphatic heterocycles. The van der Waals surface area contributed by atoms with E-state index in [-0.39, 0.29) is 0 Å². The summed E-state index contributed by atoms with van der Waals surface area (Å²) >= 11 is 1.78. The van der Waals surface area contributed by atoms with Gasteiger partial charge in [-0.05, 0) is 62.5 Å². The van der Waals surface area contributed by atoms with Crippen LogP contribution in [0.25, 0.3) is 10.2 Å². The Hall–Kier alpha value is -2.37. The fraction of sp³-hybridized carbons (Fsp3) is 0.400. The third-order valence-corrected chi connectivity index (χ3v) is 7.51. The predicted molar refractivity (Wildman–Crippen MR) is 127 cm³/mol. The number of para-hydroxylation sites is 1. The number of nitrogens with one attached hydrogen (secondary N) is 1. The highest BCUT2D eigenvalue weighted by atomic mass is 32.1. The molecule has 0 unspecified atom stereocenters. The molecule has 5 rings (SSSR count). The van der Waals surface area contributed by atoms with Crippen LogP contribution in [0.4, 0.5) is 5.13 Å². The highest BCUT2D eigenvalue weighted by Gasteiger charge is 2.30. The van der Waals surface area contributed by atoms with Gasteiger partial charge in [0.05, 0.1) is 16.8 Å². The molecule has 3 aromatic rings. The van der Waals surface area contributed by atoms with Crippen molar-refractivity contribution < 1.29 is 0 Å². The lowest BCUT2D eigenvalue weighted by Crippen LogP contribution is -2.38. The number of hydrogen-bond acceptors (Lipinski definition) is 5. The van der Waals surface area contributed by atoms with Crippen molar-refractivity contribution in [3.8, 4) is 0 Å². The Morgan fingerprint density at radius 1 is 1.07 bits per heavy atom. The van der Waals surface area contributed by atoms with Gasteiger partial charge in [-0.25, -0.2) is 4.98 Å². The number of allylic oxidation sites excluding steroid dienone is 1. The van der Waals surface area contributed by atoms with Crippen molar-refractivity contribution in [2.45, 2.75) is 39.7 Å².